The van der Waals surface area contributed by atoms with Gasteiger partial charge in [0.05, 0.1) is 0 Å². The Balaban J connectivity index is 1.80. The van der Waals surface area contributed by atoms with Crippen LogP contribution in [0.2, 0.25) is 0 Å². The summed E-state index contributed by atoms with van der Waals surface area (Å²) in [6, 6.07) is 6.52. The van der Waals surface area contributed by atoms with Crippen LogP contribution in [-0.4, -0.2) is 56.6 Å². The molecule has 0 spiro atoms. The van der Waals surface area contributed by atoms with Gasteiger partial charge in [0.25, 0.3) is 0 Å². The summed E-state index contributed by atoms with van der Waals surface area (Å²) in [7, 11) is 1.71. The van der Waals surface area contributed by atoms with Gasteiger partial charge in [-0.2, -0.15) is 24.9 Å². The van der Waals surface area contributed by atoms with Crippen molar-refractivity contribution in [2.24, 2.45) is 4.99 Å². The lowest BCUT2D eigenvalue weighted by Gasteiger charge is -2.36. The van der Waals surface area contributed by atoms with Gasteiger partial charge in [-0.25, -0.2) is 0 Å². The van der Waals surface area contributed by atoms with Gasteiger partial charge in [0, 0.05) is 38.1 Å². The molecule has 1 fully saturated rings. The first-order valence-corrected chi connectivity index (χ1v) is 9.94. The zero-order chi connectivity index (χ0) is 19.8. The van der Waals surface area contributed by atoms with Gasteiger partial charge in [-0.3, -0.25) is 4.99 Å². The summed E-state index contributed by atoms with van der Waals surface area (Å²) in [5, 5.41) is 6.58. The number of hydrogen-bond acceptors (Lipinski definition) is 4. The topological polar surface area (TPSA) is 54.9 Å². The number of nitrogens with zero attached hydrogens (tertiary/aromatic N) is 1. The molecule has 0 atom stereocenters. The van der Waals surface area contributed by atoms with E-state index in [1.807, 2.05) is 11.8 Å². The maximum absolute atomic E-state index is 12.2. The number of nitrogens with one attached hydrogen (secondary N) is 2. The third-order valence-corrected chi connectivity index (χ3v) is 5.84. The van der Waals surface area contributed by atoms with E-state index in [2.05, 4.69) is 21.9 Å². The second-order valence-electron chi connectivity index (χ2n) is 6.33. The van der Waals surface area contributed by atoms with E-state index in [0.29, 0.717) is 12.5 Å². The largest absolute Gasteiger partial charge is 0.484 e. The fourth-order valence-electron chi connectivity index (χ4n) is 2.72. The standard InChI is InChI=1S/C18H26F3N3O2S/c1-22-16(24-12-17(27-2)7-9-25-10-8-17)23-11-14-3-5-15(6-4-14)26-13-18(19,20)21/h3-6H,7-13H2,1-2H3,(H2,22,23,24). The first-order valence-electron chi connectivity index (χ1n) is 8.72. The number of alkyl halides is 3. The fourth-order valence-corrected chi connectivity index (χ4v) is 3.51. The molecule has 1 aliphatic rings. The number of thioether (sulfide) groups is 1. The molecule has 0 saturated carbocycles. The summed E-state index contributed by atoms with van der Waals surface area (Å²) in [6.07, 6.45) is -0.225. The van der Waals surface area contributed by atoms with E-state index in [1.54, 1.807) is 19.2 Å². The predicted molar refractivity (Wildman–Crippen MR) is 102 cm³/mol. The molecule has 152 valence electrons. The Hall–Kier alpha value is -1.61. The van der Waals surface area contributed by atoms with Crippen molar-refractivity contribution in [2.45, 2.75) is 30.3 Å². The van der Waals surface area contributed by atoms with Crippen molar-refractivity contribution < 1.29 is 22.6 Å². The molecule has 1 heterocycles. The number of ether oxygens (including phenoxy) is 2. The second kappa shape index (κ2) is 10.1. The maximum Gasteiger partial charge on any atom is 0.422 e. The van der Waals surface area contributed by atoms with Gasteiger partial charge in [-0.15, -0.1) is 0 Å². The molecule has 0 bridgehead atoms. The van der Waals surface area contributed by atoms with Crippen LogP contribution in [0, 0.1) is 0 Å². The lowest BCUT2D eigenvalue weighted by Crippen LogP contribution is -2.47. The Labute approximate surface area is 162 Å². The Bertz CT molecular complexity index is 603. The van der Waals surface area contributed by atoms with E-state index in [-0.39, 0.29) is 10.5 Å². The van der Waals surface area contributed by atoms with Crippen molar-refractivity contribution in [1.82, 2.24) is 10.6 Å². The molecule has 27 heavy (non-hydrogen) atoms. The highest BCUT2D eigenvalue weighted by molar-refractivity contribution is 8.00. The first kappa shape index (κ1) is 21.7. The van der Waals surface area contributed by atoms with Crippen LogP contribution < -0.4 is 15.4 Å². The average Bonchev–Trinajstić information content (AvgIpc) is 2.67. The smallest absolute Gasteiger partial charge is 0.422 e. The summed E-state index contributed by atoms with van der Waals surface area (Å²) in [6.45, 7) is 1.56. The van der Waals surface area contributed by atoms with Gasteiger partial charge < -0.3 is 20.1 Å². The highest BCUT2D eigenvalue weighted by atomic mass is 32.2. The summed E-state index contributed by atoms with van der Waals surface area (Å²) < 4.78 is 46.8. The van der Waals surface area contributed by atoms with Crippen LogP contribution in [-0.2, 0) is 11.3 Å². The van der Waals surface area contributed by atoms with Crippen LogP contribution in [0.1, 0.15) is 18.4 Å². The van der Waals surface area contributed by atoms with Crippen LogP contribution >= 0.6 is 11.8 Å². The number of rotatable bonds is 7. The van der Waals surface area contributed by atoms with E-state index in [1.165, 1.54) is 12.1 Å². The number of guanidine groups is 1. The first-order chi connectivity index (χ1) is 12.9. The average molecular weight is 405 g/mol. The van der Waals surface area contributed by atoms with E-state index in [4.69, 9.17) is 9.47 Å². The van der Waals surface area contributed by atoms with Crippen LogP contribution in [0.4, 0.5) is 13.2 Å². The van der Waals surface area contributed by atoms with Crippen molar-refractivity contribution in [3.63, 3.8) is 0 Å². The summed E-state index contributed by atoms with van der Waals surface area (Å²) in [5.74, 6) is 0.882. The molecule has 0 unspecified atom stereocenters. The molecular formula is C18H26F3N3O2S. The van der Waals surface area contributed by atoms with Crippen molar-refractivity contribution >= 4 is 17.7 Å². The van der Waals surface area contributed by atoms with E-state index >= 15 is 0 Å². The van der Waals surface area contributed by atoms with Crippen LogP contribution in [0.15, 0.2) is 29.3 Å². The zero-order valence-corrected chi connectivity index (χ0v) is 16.4. The lowest BCUT2D eigenvalue weighted by atomic mass is 9.99. The van der Waals surface area contributed by atoms with Crippen molar-refractivity contribution in [2.75, 3.05) is 39.7 Å². The van der Waals surface area contributed by atoms with E-state index in [9.17, 15) is 13.2 Å². The molecule has 1 aliphatic heterocycles. The highest BCUT2D eigenvalue weighted by Crippen LogP contribution is 2.32. The van der Waals surface area contributed by atoms with Crippen LogP contribution in [0.3, 0.4) is 0 Å². The molecule has 9 heteroatoms. The van der Waals surface area contributed by atoms with Gasteiger partial charge in [-0.05, 0) is 36.8 Å². The van der Waals surface area contributed by atoms with Gasteiger partial charge in [0.1, 0.15) is 5.75 Å². The quantitative estimate of drug-likeness (QED) is 0.539. The second-order valence-corrected chi connectivity index (χ2v) is 7.60. The van der Waals surface area contributed by atoms with Crippen molar-refractivity contribution in [3.8, 4) is 5.75 Å². The molecule has 2 rings (SSSR count). The van der Waals surface area contributed by atoms with Crippen molar-refractivity contribution in [1.29, 1.82) is 0 Å². The molecule has 1 aromatic rings. The molecule has 5 nitrogen and oxygen atoms in total. The van der Waals surface area contributed by atoms with Gasteiger partial charge in [-0.1, -0.05) is 12.1 Å². The molecule has 0 amide bonds. The molecule has 1 aromatic carbocycles. The third-order valence-electron chi connectivity index (χ3n) is 4.42. The molecule has 2 N–H and O–H groups in total. The number of benzene rings is 1. The minimum absolute atomic E-state index is 0.146. The van der Waals surface area contributed by atoms with E-state index < -0.39 is 12.8 Å². The molecule has 0 aliphatic carbocycles. The minimum Gasteiger partial charge on any atom is -0.484 e. The highest BCUT2D eigenvalue weighted by Gasteiger charge is 2.31. The fraction of sp³-hybridized carbons (Fsp3) is 0.611. The normalized spacial score (nSPS) is 17.4. The third kappa shape index (κ3) is 7.50. The molecule has 0 aromatic heterocycles. The summed E-state index contributed by atoms with van der Waals surface area (Å²) in [5.41, 5.74) is 0.919. The Morgan fingerprint density at radius 2 is 1.89 bits per heavy atom. The van der Waals surface area contributed by atoms with Crippen LogP contribution in [0.5, 0.6) is 5.75 Å². The van der Waals surface area contributed by atoms with Gasteiger partial charge in [0.2, 0.25) is 0 Å². The molecule has 1 saturated heterocycles. The predicted octanol–water partition coefficient (Wildman–Crippen LogP) is 3.20. The summed E-state index contributed by atoms with van der Waals surface area (Å²) >= 11 is 1.85. The lowest BCUT2D eigenvalue weighted by molar-refractivity contribution is -0.153. The Kier molecular flexibility index (Phi) is 8.09. The Morgan fingerprint density at radius 1 is 1.22 bits per heavy atom. The Morgan fingerprint density at radius 3 is 2.44 bits per heavy atom. The van der Waals surface area contributed by atoms with E-state index in [0.717, 1.165) is 38.2 Å². The molecule has 0 radical (unpaired) electrons. The van der Waals surface area contributed by atoms with Crippen molar-refractivity contribution in [3.05, 3.63) is 29.8 Å². The van der Waals surface area contributed by atoms with Gasteiger partial charge in [0.15, 0.2) is 12.6 Å². The summed E-state index contributed by atoms with van der Waals surface area (Å²) in [4.78, 5) is 4.23. The number of halogens is 3. The van der Waals surface area contributed by atoms with Crippen LogP contribution in [0.25, 0.3) is 0 Å². The number of hydrogen-bond donors (Lipinski definition) is 2. The zero-order valence-electron chi connectivity index (χ0n) is 15.6. The maximum atomic E-state index is 12.2. The SMILES string of the molecule is CN=C(NCc1ccc(OCC(F)(F)F)cc1)NCC1(SC)CCOCC1. The monoisotopic (exact) mass is 405 g/mol. The number of aliphatic imine (C=N–C) groups is 1. The van der Waals surface area contributed by atoms with Gasteiger partial charge >= 0.3 is 6.18 Å². The molecular weight excluding hydrogens is 379 g/mol. The minimum atomic E-state index is -4.34.